The summed E-state index contributed by atoms with van der Waals surface area (Å²) in [6.07, 6.45) is 6.69. The quantitative estimate of drug-likeness (QED) is 0.504. The maximum Gasteiger partial charge on any atom is 0.242 e. The van der Waals surface area contributed by atoms with Crippen LogP contribution < -0.4 is 9.46 Å². The molecule has 0 spiro atoms. The van der Waals surface area contributed by atoms with Crippen molar-refractivity contribution in [3.05, 3.63) is 42.6 Å². The molecule has 0 bridgehead atoms. The van der Waals surface area contributed by atoms with Crippen LogP contribution in [0.1, 0.15) is 38.5 Å². The molecule has 3 saturated heterocycles. The average molecular weight is 556 g/mol. The number of benzene rings is 1. The molecule has 2 atom stereocenters. The molecular formula is C28H37N5O5S. The zero-order valence-electron chi connectivity index (χ0n) is 22.4. The number of carbonyl (C=O) groups is 2. The van der Waals surface area contributed by atoms with E-state index in [0.717, 1.165) is 38.0 Å². The Morgan fingerprint density at radius 3 is 2.59 bits per heavy atom. The molecule has 11 heteroatoms. The van der Waals surface area contributed by atoms with Gasteiger partial charge in [0.2, 0.25) is 21.8 Å². The summed E-state index contributed by atoms with van der Waals surface area (Å²) < 4.78 is 34.0. The van der Waals surface area contributed by atoms with Crippen LogP contribution in [0.25, 0.3) is 11.3 Å². The molecule has 1 aromatic heterocycles. The van der Waals surface area contributed by atoms with Gasteiger partial charge in [0.1, 0.15) is 16.7 Å². The van der Waals surface area contributed by atoms with E-state index >= 15 is 0 Å². The van der Waals surface area contributed by atoms with Crippen LogP contribution in [0.3, 0.4) is 0 Å². The van der Waals surface area contributed by atoms with Crippen LogP contribution in [0.4, 0.5) is 0 Å². The first-order valence-corrected chi connectivity index (χ1v) is 15.3. The van der Waals surface area contributed by atoms with Gasteiger partial charge in [-0.2, -0.15) is 4.72 Å². The van der Waals surface area contributed by atoms with Gasteiger partial charge >= 0.3 is 0 Å². The number of piperidine rings is 1. The fourth-order valence-electron chi connectivity index (χ4n) is 5.83. The Labute approximate surface area is 230 Å². The molecule has 210 valence electrons. The summed E-state index contributed by atoms with van der Waals surface area (Å²) in [6.45, 7) is 4.23. The van der Waals surface area contributed by atoms with Crippen LogP contribution in [0.5, 0.6) is 5.75 Å². The highest BCUT2D eigenvalue weighted by Crippen LogP contribution is 2.24. The van der Waals surface area contributed by atoms with Gasteiger partial charge in [-0.1, -0.05) is 12.1 Å². The van der Waals surface area contributed by atoms with Crippen molar-refractivity contribution < 1.29 is 22.7 Å². The van der Waals surface area contributed by atoms with Gasteiger partial charge in [-0.05, 0) is 75.9 Å². The van der Waals surface area contributed by atoms with Crippen molar-refractivity contribution in [3.8, 4) is 17.0 Å². The highest BCUT2D eigenvalue weighted by Gasteiger charge is 2.36. The second-order valence-corrected chi connectivity index (χ2v) is 12.3. The minimum absolute atomic E-state index is 0.00957. The third-order valence-electron chi connectivity index (χ3n) is 7.93. The smallest absolute Gasteiger partial charge is 0.242 e. The number of nitrogens with one attached hydrogen (secondary N) is 1. The Kier molecular flexibility index (Phi) is 8.49. The summed E-state index contributed by atoms with van der Waals surface area (Å²) in [6, 6.07) is 9.74. The number of hydrogen-bond donors (Lipinski definition) is 1. The monoisotopic (exact) mass is 555 g/mol. The maximum absolute atomic E-state index is 13.2. The molecule has 1 N–H and O–H groups in total. The van der Waals surface area contributed by atoms with E-state index in [1.54, 1.807) is 13.2 Å². The van der Waals surface area contributed by atoms with Gasteiger partial charge in [-0.15, -0.1) is 0 Å². The van der Waals surface area contributed by atoms with Gasteiger partial charge in [0, 0.05) is 37.4 Å². The molecule has 0 aliphatic carbocycles. The second kappa shape index (κ2) is 12.0. The summed E-state index contributed by atoms with van der Waals surface area (Å²) in [7, 11) is -2.40. The Balaban J connectivity index is 1.20. The zero-order valence-corrected chi connectivity index (χ0v) is 23.2. The molecule has 39 heavy (non-hydrogen) atoms. The molecule has 2 aromatic rings. The lowest BCUT2D eigenvalue weighted by Crippen LogP contribution is -2.55. The number of sulfonamides is 1. The highest BCUT2D eigenvalue weighted by atomic mass is 32.2. The molecule has 3 aliphatic rings. The first-order valence-electron chi connectivity index (χ1n) is 13.8. The molecule has 10 nitrogen and oxygen atoms in total. The zero-order chi connectivity index (χ0) is 27.4. The Bertz CT molecular complexity index is 1280. The van der Waals surface area contributed by atoms with Crippen LogP contribution in [-0.4, -0.2) is 98.4 Å². The van der Waals surface area contributed by atoms with E-state index in [0.29, 0.717) is 37.4 Å². The first-order chi connectivity index (χ1) is 18.8. The largest absolute Gasteiger partial charge is 0.497 e. The van der Waals surface area contributed by atoms with Gasteiger partial charge in [-0.3, -0.25) is 14.6 Å². The van der Waals surface area contributed by atoms with Crippen LogP contribution in [0.2, 0.25) is 0 Å². The van der Waals surface area contributed by atoms with Crippen LogP contribution in [0, 0.1) is 0 Å². The summed E-state index contributed by atoms with van der Waals surface area (Å²) in [5.74, 6) is 0.277. The summed E-state index contributed by atoms with van der Waals surface area (Å²) in [4.78, 5) is 36.6. The van der Waals surface area contributed by atoms with Crippen molar-refractivity contribution in [2.24, 2.45) is 0 Å². The SMILES string of the molecule is COc1cccc(-c2ccc(S(=O)(=O)NC3CCCN(CC(=O)N4CCCC4CN4CCCC4)C3=O)cn2)c1. The number of carbonyl (C=O) groups excluding carboxylic acids is 2. The number of hydrogen-bond acceptors (Lipinski definition) is 7. The van der Waals surface area contributed by atoms with Gasteiger partial charge in [0.15, 0.2) is 0 Å². The molecule has 0 radical (unpaired) electrons. The molecule has 1 aromatic carbocycles. The minimum Gasteiger partial charge on any atom is -0.497 e. The number of aromatic nitrogens is 1. The lowest BCUT2D eigenvalue weighted by Gasteiger charge is -2.34. The standard InChI is InChI=1S/C28H37N5O5S/c1-38-23-9-4-7-21(17-23)25-12-11-24(18-29-25)39(36,37)30-26-10-6-15-32(28(26)35)20-27(34)33-16-5-8-22(33)19-31-13-2-3-14-31/h4,7,9,11-12,17-18,22,26,30H,2-3,5-6,8,10,13-16,19-20H2,1H3. The Morgan fingerprint density at radius 1 is 1.05 bits per heavy atom. The predicted molar refractivity (Wildman–Crippen MR) is 147 cm³/mol. The molecular weight excluding hydrogens is 518 g/mol. The van der Waals surface area contributed by atoms with Crippen LogP contribution in [0.15, 0.2) is 47.5 Å². The van der Waals surface area contributed by atoms with E-state index in [4.69, 9.17) is 4.74 Å². The molecule has 4 heterocycles. The number of amides is 2. The number of pyridine rings is 1. The van der Waals surface area contributed by atoms with Crippen molar-refractivity contribution >= 4 is 21.8 Å². The highest BCUT2D eigenvalue weighted by molar-refractivity contribution is 7.89. The number of likely N-dealkylation sites (tertiary alicyclic amines) is 3. The number of nitrogens with zero attached hydrogens (tertiary/aromatic N) is 4. The third-order valence-corrected chi connectivity index (χ3v) is 9.39. The van der Waals surface area contributed by atoms with E-state index in [1.165, 1.54) is 30.0 Å². The predicted octanol–water partition coefficient (Wildman–Crippen LogP) is 2.11. The summed E-state index contributed by atoms with van der Waals surface area (Å²) in [5.41, 5.74) is 1.41. The minimum atomic E-state index is -3.98. The van der Waals surface area contributed by atoms with Gasteiger partial charge in [0.05, 0.1) is 19.3 Å². The maximum atomic E-state index is 13.2. The Morgan fingerprint density at radius 2 is 1.85 bits per heavy atom. The third kappa shape index (κ3) is 6.42. The fraction of sp³-hybridized carbons (Fsp3) is 0.536. The van der Waals surface area contributed by atoms with Crippen LogP contribution >= 0.6 is 0 Å². The van der Waals surface area contributed by atoms with E-state index in [2.05, 4.69) is 14.6 Å². The van der Waals surface area contributed by atoms with Crippen molar-refractivity contribution in [1.29, 1.82) is 0 Å². The molecule has 0 saturated carbocycles. The molecule has 2 amide bonds. The van der Waals surface area contributed by atoms with Crippen molar-refractivity contribution in [2.75, 3.05) is 46.4 Å². The topological polar surface area (TPSA) is 112 Å². The first kappa shape index (κ1) is 27.5. The van der Waals surface area contributed by atoms with E-state index in [-0.39, 0.29) is 29.3 Å². The number of ether oxygens (including phenoxy) is 1. The summed E-state index contributed by atoms with van der Waals surface area (Å²) >= 11 is 0. The molecule has 3 aliphatic heterocycles. The molecule has 2 unspecified atom stereocenters. The molecule has 3 fully saturated rings. The van der Waals surface area contributed by atoms with Gasteiger partial charge < -0.3 is 19.4 Å². The second-order valence-electron chi connectivity index (χ2n) is 10.6. The molecule has 5 rings (SSSR count). The van der Waals surface area contributed by atoms with Gasteiger partial charge in [-0.25, -0.2) is 8.42 Å². The summed E-state index contributed by atoms with van der Waals surface area (Å²) in [5, 5.41) is 0. The lowest BCUT2D eigenvalue weighted by molar-refractivity contribution is -0.143. The Hall–Kier alpha value is -3.02. The average Bonchev–Trinajstić information content (AvgIpc) is 3.64. The normalized spacial score (nSPS) is 22.4. The van der Waals surface area contributed by atoms with E-state index in [1.807, 2.05) is 29.2 Å². The van der Waals surface area contributed by atoms with Crippen molar-refractivity contribution in [3.63, 3.8) is 0 Å². The lowest BCUT2D eigenvalue weighted by atomic mass is 10.1. The van der Waals surface area contributed by atoms with Crippen molar-refractivity contribution in [1.82, 2.24) is 24.4 Å². The van der Waals surface area contributed by atoms with Crippen LogP contribution in [-0.2, 0) is 19.6 Å². The number of methoxy groups -OCH3 is 1. The van der Waals surface area contributed by atoms with Gasteiger partial charge in [0.25, 0.3) is 0 Å². The van der Waals surface area contributed by atoms with E-state index < -0.39 is 16.1 Å². The fourth-order valence-corrected chi connectivity index (χ4v) is 6.99. The van der Waals surface area contributed by atoms with E-state index in [9.17, 15) is 18.0 Å². The van der Waals surface area contributed by atoms with Crippen molar-refractivity contribution in [2.45, 2.75) is 55.5 Å². The number of rotatable bonds is 9.